The largest absolute Gasteiger partial charge is 0.484 e. The molecule has 1 heterocycles. The molecule has 0 atom stereocenters. The van der Waals surface area contributed by atoms with Gasteiger partial charge in [0.15, 0.2) is 6.61 Å². The lowest BCUT2D eigenvalue weighted by Crippen LogP contribution is -2.21. The molecule has 0 unspecified atom stereocenters. The summed E-state index contributed by atoms with van der Waals surface area (Å²) in [6, 6.07) is 12.5. The molecule has 0 aliphatic carbocycles. The SMILES string of the molecule is CS(=O)(=O)NCc1ccc(NC(=O)COc2ccc3[nH]cc(CCN)c3c2)cc1. The highest BCUT2D eigenvalue weighted by atomic mass is 32.2. The normalized spacial score (nSPS) is 11.5. The molecule has 0 aliphatic rings. The van der Waals surface area contributed by atoms with Gasteiger partial charge in [0.25, 0.3) is 5.91 Å². The highest BCUT2D eigenvalue weighted by Gasteiger charge is 2.08. The van der Waals surface area contributed by atoms with Crippen molar-refractivity contribution < 1.29 is 17.9 Å². The molecule has 0 fully saturated rings. The molecule has 1 aromatic heterocycles. The van der Waals surface area contributed by atoms with Crippen molar-refractivity contribution in [3.05, 3.63) is 59.8 Å². The molecule has 8 nitrogen and oxygen atoms in total. The van der Waals surface area contributed by atoms with Crippen LogP contribution in [0.5, 0.6) is 5.75 Å². The molecule has 0 aliphatic heterocycles. The fraction of sp³-hybridized carbons (Fsp3) is 0.250. The first kappa shape index (κ1) is 20.8. The van der Waals surface area contributed by atoms with E-state index in [9.17, 15) is 13.2 Å². The van der Waals surface area contributed by atoms with Crippen molar-refractivity contribution in [2.24, 2.45) is 5.73 Å². The van der Waals surface area contributed by atoms with Crippen LogP contribution in [-0.2, 0) is 27.8 Å². The van der Waals surface area contributed by atoms with Crippen LogP contribution in [0, 0.1) is 0 Å². The van der Waals surface area contributed by atoms with Gasteiger partial charge in [0.1, 0.15) is 5.75 Å². The fourth-order valence-corrected chi connectivity index (χ4v) is 3.30. The molecule has 0 radical (unpaired) electrons. The quantitative estimate of drug-likeness (QED) is 0.423. The second kappa shape index (κ2) is 9.08. The lowest BCUT2D eigenvalue weighted by molar-refractivity contribution is -0.118. The van der Waals surface area contributed by atoms with Crippen LogP contribution in [0.25, 0.3) is 10.9 Å². The number of nitrogens with one attached hydrogen (secondary N) is 3. The number of hydrogen-bond acceptors (Lipinski definition) is 5. The van der Waals surface area contributed by atoms with Gasteiger partial charge in [0.05, 0.1) is 6.26 Å². The minimum absolute atomic E-state index is 0.125. The number of anilines is 1. The van der Waals surface area contributed by atoms with Crippen LogP contribution in [-0.4, -0.2) is 38.7 Å². The molecule has 0 saturated carbocycles. The van der Waals surface area contributed by atoms with Gasteiger partial charge in [-0.2, -0.15) is 0 Å². The number of amides is 1. The maximum atomic E-state index is 12.2. The molecule has 0 saturated heterocycles. The summed E-state index contributed by atoms with van der Waals surface area (Å²) in [5, 5.41) is 3.78. The lowest BCUT2D eigenvalue weighted by atomic mass is 10.1. The Kier molecular flexibility index (Phi) is 6.53. The first-order valence-electron chi connectivity index (χ1n) is 9.10. The van der Waals surface area contributed by atoms with Crippen LogP contribution in [0.1, 0.15) is 11.1 Å². The molecule has 2 aromatic carbocycles. The van der Waals surface area contributed by atoms with Gasteiger partial charge in [-0.15, -0.1) is 0 Å². The molecule has 5 N–H and O–H groups in total. The Morgan fingerprint density at radius 2 is 1.93 bits per heavy atom. The number of hydrogen-bond donors (Lipinski definition) is 4. The van der Waals surface area contributed by atoms with E-state index in [4.69, 9.17) is 10.5 Å². The van der Waals surface area contributed by atoms with Crippen molar-refractivity contribution >= 4 is 32.5 Å². The first-order chi connectivity index (χ1) is 13.8. The zero-order chi connectivity index (χ0) is 20.9. The summed E-state index contributed by atoms with van der Waals surface area (Å²) in [5.41, 5.74) is 9.14. The Bertz CT molecular complexity index is 1090. The molecule has 1 amide bonds. The maximum Gasteiger partial charge on any atom is 0.262 e. The highest BCUT2D eigenvalue weighted by molar-refractivity contribution is 7.88. The second-order valence-electron chi connectivity index (χ2n) is 6.69. The topological polar surface area (TPSA) is 126 Å². The summed E-state index contributed by atoms with van der Waals surface area (Å²) in [7, 11) is -3.25. The van der Waals surface area contributed by atoms with Gasteiger partial charge in [0.2, 0.25) is 10.0 Å². The van der Waals surface area contributed by atoms with E-state index in [1.807, 2.05) is 24.4 Å². The van der Waals surface area contributed by atoms with Crippen molar-refractivity contribution in [1.29, 1.82) is 0 Å². The van der Waals surface area contributed by atoms with E-state index in [1.54, 1.807) is 24.3 Å². The molecule has 0 bridgehead atoms. The number of aromatic amines is 1. The van der Waals surface area contributed by atoms with Crippen molar-refractivity contribution in [2.45, 2.75) is 13.0 Å². The van der Waals surface area contributed by atoms with Gasteiger partial charge in [-0.05, 0) is 54.4 Å². The second-order valence-corrected chi connectivity index (χ2v) is 8.52. The molecular weight excluding hydrogens is 392 g/mol. The monoisotopic (exact) mass is 416 g/mol. The Labute approximate surface area is 169 Å². The van der Waals surface area contributed by atoms with Gasteiger partial charge in [-0.3, -0.25) is 4.79 Å². The Hall–Kier alpha value is -2.88. The third-order valence-electron chi connectivity index (χ3n) is 4.30. The standard InChI is InChI=1S/C20H24N4O4S/c1-29(26,27)23-11-14-2-4-16(5-3-14)24-20(25)13-28-17-6-7-19-18(10-17)15(8-9-21)12-22-19/h2-7,10,12,22-23H,8-9,11,13,21H2,1H3,(H,24,25). The van der Waals surface area contributed by atoms with Gasteiger partial charge >= 0.3 is 0 Å². The van der Waals surface area contributed by atoms with E-state index in [1.165, 1.54) is 0 Å². The van der Waals surface area contributed by atoms with Crippen LogP contribution >= 0.6 is 0 Å². The lowest BCUT2D eigenvalue weighted by Gasteiger charge is -2.09. The summed E-state index contributed by atoms with van der Waals surface area (Å²) in [6.07, 6.45) is 3.80. The molecule has 0 spiro atoms. The first-order valence-corrected chi connectivity index (χ1v) is 11.0. The number of ether oxygens (including phenoxy) is 1. The molecule has 9 heteroatoms. The summed E-state index contributed by atoms with van der Waals surface area (Å²) in [6.45, 7) is 0.632. The predicted molar refractivity (Wildman–Crippen MR) is 113 cm³/mol. The van der Waals surface area contributed by atoms with E-state index in [2.05, 4.69) is 15.0 Å². The number of carbonyl (C=O) groups is 1. The summed E-state index contributed by atoms with van der Waals surface area (Å²) in [5.74, 6) is 0.316. The molecule has 3 rings (SSSR count). The van der Waals surface area contributed by atoms with Gasteiger partial charge < -0.3 is 20.8 Å². The number of carbonyl (C=O) groups excluding carboxylic acids is 1. The maximum absolute atomic E-state index is 12.2. The summed E-state index contributed by atoms with van der Waals surface area (Å²) >= 11 is 0. The van der Waals surface area contributed by atoms with E-state index in [-0.39, 0.29) is 19.1 Å². The van der Waals surface area contributed by atoms with Crippen molar-refractivity contribution in [2.75, 3.05) is 24.7 Å². The number of nitrogens with two attached hydrogens (primary N) is 1. The number of fused-ring (bicyclic) bond motifs is 1. The van der Waals surface area contributed by atoms with Crippen LogP contribution < -0.4 is 20.5 Å². The van der Waals surface area contributed by atoms with Gasteiger partial charge in [-0.25, -0.2) is 13.1 Å². The predicted octanol–water partition coefficient (Wildman–Crippen LogP) is 1.74. The molecule has 154 valence electrons. The Balaban J connectivity index is 1.54. The van der Waals surface area contributed by atoms with Crippen molar-refractivity contribution in [3.8, 4) is 5.75 Å². The average Bonchev–Trinajstić information content (AvgIpc) is 3.08. The molecule has 3 aromatic rings. The summed E-state index contributed by atoms with van der Waals surface area (Å²) in [4.78, 5) is 15.4. The highest BCUT2D eigenvalue weighted by Crippen LogP contribution is 2.24. The van der Waals surface area contributed by atoms with Crippen LogP contribution in [0.2, 0.25) is 0 Å². The smallest absolute Gasteiger partial charge is 0.262 e. The van der Waals surface area contributed by atoms with Gasteiger partial charge in [-0.1, -0.05) is 12.1 Å². The van der Waals surface area contributed by atoms with E-state index >= 15 is 0 Å². The van der Waals surface area contributed by atoms with Crippen LogP contribution in [0.4, 0.5) is 5.69 Å². The summed E-state index contributed by atoms with van der Waals surface area (Å²) < 4.78 is 30.3. The number of benzene rings is 2. The zero-order valence-corrected chi connectivity index (χ0v) is 16.9. The fourth-order valence-electron chi connectivity index (χ4n) is 2.88. The Morgan fingerprint density at radius 1 is 1.17 bits per heavy atom. The van der Waals surface area contributed by atoms with E-state index in [0.29, 0.717) is 18.0 Å². The Morgan fingerprint density at radius 3 is 2.62 bits per heavy atom. The van der Waals surface area contributed by atoms with Crippen LogP contribution in [0.15, 0.2) is 48.7 Å². The van der Waals surface area contributed by atoms with E-state index in [0.717, 1.165) is 34.7 Å². The zero-order valence-electron chi connectivity index (χ0n) is 16.1. The van der Waals surface area contributed by atoms with Crippen molar-refractivity contribution in [1.82, 2.24) is 9.71 Å². The number of rotatable bonds is 9. The minimum Gasteiger partial charge on any atom is -0.484 e. The molecule has 29 heavy (non-hydrogen) atoms. The van der Waals surface area contributed by atoms with Crippen LogP contribution in [0.3, 0.4) is 0 Å². The third-order valence-corrected chi connectivity index (χ3v) is 4.97. The number of H-pyrrole nitrogens is 1. The van der Waals surface area contributed by atoms with Gasteiger partial charge in [0, 0.05) is 29.3 Å². The average molecular weight is 417 g/mol. The third kappa shape index (κ3) is 6.05. The molecular formula is C20H24N4O4S. The van der Waals surface area contributed by atoms with Crippen molar-refractivity contribution in [3.63, 3.8) is 0 Å². The van der Waals surface area contributed by atoms with E-state index < -0.39 is 10.0 Å². The number of sulfonamides is 1. The minimum atomic E-state index is -3.25. The number of aromatic nitrogens is 1.